The van der Waals surface area contributed by atoms with Crippen LogP contribution < -0.4 is 5.32 Å². The summed E-state index contributed by atoms with van der Waals surface area (Å²) in [5, 5.41) is 3.01. The van der Waals surface area contributed by atoms with Crippen molar-refractivity contribution in [1.29, 1.82) is 0 Å². The van der Waals surface area contributed by atoms with E-state index < -0.39 is 0 Å². The summed E-state index contributed by atoms with van der Waals surface area (Å²) in [7, 11) is 0. The number of hydrogen-bond donors (Lipinski definition) is 1. The molecule has 2 aromatic rings. The highest BCUT2D eigenvalue weighted by Gasteiger charge is 2.17. The van der Waals surface area contributed by atoms with Crippen LogP contribution in [-0.2, 0) is 12.8 Å². The smallest absolute Gasteiger partial charge is 0.261 e. The van der Waals surface area contributed by atoms with Crippen LogP contribution in [0.15, 0.2) is 41.3 Å². The zero-order chi connectivity index (χ0) is 13.8. The van der Waals surface area contributed by atoms with Crippen LogP contribution in [0.4, 0.5) is 0 Å². The van der Waals surface area contributed by atoms with Gasteiger partial charge in [0.2, 0.25) is 0 Å². The van der Waals surface area contributed by atoms with E-state index in [9.17, 15) is 4.79 Å². The van der Waals surface area contributed by atoms with E-state index in [0.717, 1.165) is 23.5 Å². The van der Waals surface area contributed by atoms with Crippen LogP contribution in [0.1, 0.15) is 26.5 Å². The molecule has 0 spiro atoms. The molecule has 0 fully saturated rings. The van der Waals surface area contributed by atoms with Crippen molar-refractivity contribution in [2.24, 2.45) is 0 Å². The highest BCUT2D eigenvalue weighted by atomic mass is 32.2. The number of hydrogen-bond acceptors (Lipinski definition) is 3. The molecule has 1 aliphatic carbocycles. The van der Waals surface area contributed by atoms with Crippen LogP contribution >= 0.6 is 23.1 Å². The van der Waals surface area contributed by atoms with Crippen molar-refractivity contribution in [1.82, 2.24) is 5.32 Å². The van der Waals surface area contributed by atoms with E-state index in [-0.39, 0.29) is 5.91 Å². The molecule has 0 saturated carbocycles. The molecule has 1 N–H and O–H groups in total. The van der Waals surface area contributed by atoms with Crippen LogP contribution in [0, 0.1) is 0 Å². The first-order valence-corrected chi connectivity index (χ1v) is 8.71. The fourth-order valence-electron chi connectivity index (χ4n) is 2.38. The largest absolute Gasteiger partial charge is 0.350 e. The molecule has 1 aromatic carbocycles. The number of carbonyl (C=O) groups excluding carboxylic acids is 1. The van der Waals surface area contributed by atoms with Crippen molar-refractivity contribution >= 4 is 29.0 Å². The molecule has 0 aliphatic heterocycles. The third-order valence-corrected chi connectivity index (χ3v) is 5.62. The lowest BCUT2D eigenvalue weighted by Crippen LogP contribution is -2.24. The monoisotopic (exact) mass is 303 g/mol. The van der Waals surface area contributed by atoms with Gasteiger partial charge in [0.05, 0.1) is 4.88 Å². The first-order valence-electron chi connectivity index (χ1n) is 6.90. The molecule has 0 unspecified atom stereocenters. The Morgan fingerprint density at radius 3 is 2.90 bits per heavy atom. The van der Waals surface area contributed by atoms with Gasteiger partial charge in [-0.3, -0.25) is 4.79 Å². The second-order valence-corrected chi connectivity index (χ2v) is 7.14. The Hall–Kier alpha value is -1.26. The van der Waals surface area contributed by atoms with E-state index in [2.05, 4.69) is 23.5 Å². The summed E-state index contributed by atoms with van der Waals surface area (Å²) in [6.45, 7) is 0.709. The van der Waals surface area contributed by atoms with E-state index >= 15 is 0 Å². The Kier molecular flexibility index (Phi) is 4.43. The van der Waals surface area contributed by atoms with Crippen molar-refractivity contribution in [3.05, 3.63) is 51.7 Å². The Balaban J connectivity index is 1.45. The summed E-state index contributed by atoms with van der Waals surface area (Å²) in [5.74, 6) is 0.985. The average molecular weight is 303 g/mol. The molecule has 0 atom stereocenters. The minimum absolute atomic E-state index is 0.0815. The van der Waals surface area contributed by atoms with Gasteiger partial charge < -0.3 is 5.32 Å². The maximum absolute atomic E-state index is 12.1. The molecule has 2 nitrogen and oxygen atoms in total. The summed E-state index contributed by atoms with van der Waals surface area (Å²) < 4.78 is 0. The molecule has 3 rings (SSSR count). The van der Waals surface area contributed by atoms with Gasteiger partial charge in [-0.2, -0.15) is 0 Å². The van der Waals surface area contributed by atoms with Gasteiger partial charge in [-0.05, 0) is 43.0 Å². The zero-order valence-electron chi connectivity index (χ0n) is 11.2. The molecule has 20 heavy (non-hydrogen) atoms. The quantitative estimate of drug-likeness (QED) is 0.673. The van der Waals surface area contributed by atoms with Gasteiger partial charge in [0, 0.05) is 22.1 Å². The number of thioether (sulfide) groups is 1. The third kappa shape index (κ3) is 3.25. The number of aryl methyl sites for hydroxylation is 2. The summed E-state index contributed by atoms with van der Waals surface area (Å²) in [5.41, 5.74) is 1.39. The van der Waals surface area contributed by atoms with E-state index in [4.69, 9.17) is 0 Å². The van der Waals surface area contributed by atoms with Gasteiger partial charge >= 0.3 is 0 Å². The van der Waals surface area contributed by atoms with Gasteiger partial charge in [0.15, 0.2) is 0 Å². The van der Waals surface area contributed by atoms with Crippen molar-refractivity contribution in [2.45, 2.75) is 24.2 Å². The lowest BCUT2D eigenvalue weighted by Gasteiger charge is -2.03. The molecule has 1 aromatic heterocycles. The number of nitrogens with one attached hydrogen (secondary N) is 1. The molecular weight excluding hydrogens is 286 g/mol. The topological polar surface area (TPSA) is 29.1 Å². The van der Waals surface area contributed by atoms with Crippen molar-refractivity contribution in [2.75, 3.05) is 12.3 Å². The van der Waals surface area contributed by atoms with Crippen molar-refractivity contribution in [3.8, 4) is 0 Å². The number of fused-ring (bicyclic) bond motifs is 1. The van der Waals surface area contributed by atoms with Crippen molar-refractivity contribution in [3.63, 3.8) is 0 Å². The molecule has 0 bridgehead atoms. The molecule has 4 heteroatoms. The van der Waals surface area contributed by atoms with E-state index in [0.29, 0.717) is 6.54 Å². The molecule has 0 saturated heterocycles. The molecule has 104 valence electrons. The lowest BCUT2D eigenvalue weighted by molar-refractivity contribution is 0.0960. The summed E-state index contributed by atoms with van der Waals surface area (Å²) in [4.78, 5) is 15.6. The van der Waals surface area contributed by atoms with Gasteiger partial charge in [-0.15, -0.1) is 23.1 Å². The molecule has 1 heterocycles. The van der Waals surface area contributed by atoms with Crippen LogP contribution in [-0.4, -0.2) is 18.2 Å². The highest BCUT2D eigenvalue weighted by Crippen LogP contribution is 2.30. The van der Waals surface area contributed by atoms with Crippen LogP contribution in [0.2, 0.25) is 0 Å². The van der Waals surface area contributed by atoms with Crippen molar-refractivity contribution < 1.29 is 4.79 Å². The Morgan fingerprint density at radius 1 is 1.25 bits per heavy atom. The summed E-state index contributed by atoms with van der Waals surface area (Å²) in [6, 6.07) is 12.4. The molecular formula is C16H17NOS2. The number of thiophene rings is 1. The standard InChI is InChI=1S/C16H17NOS2/c18-16(15-11-12-5-4-8-14(12)20-15)17-9-10-19-13-6-2-1-3-7-13/h1-3,6-7,11H,4-5,8-10H2,(H,17,18). The fraction of sp³-hybridized carbons (Fsp3) is 0.312. The second kappa shape index (κ2) is 6.46. The maximum atomic E-state index is 12.1. The normalized spacial score (nSPS) is 13.2. The van der Waals surface area contributed by atoms with Gasteiger partial charge in [0.1, 0.15) is 0 Å². The average Bonchev–Trinajstić information content (AvgIpc) is 3.05. The van der Waals surface area contributed by atoms with Crippen LogP contribution in [0.5, 0.6) is 0 Å². The third-order valence-electron chi connectivity index (χ3n) is 3.37. The first-order chi connectivity index (χ1) is 9.83. The maximum Gasteiger partial charge on any atom is 0.261 e. The van der Waals surface area contributed by atoms with Crippen LogP contribution in [0.25, 0.3) is 0 Å². The first kappa shape index (κ1) is 13.7. The number of amides is 1. The number of rotatable bonds is 5. The Morgan fingerprint density at radius 2 is 2.10 bits per heavy atom. The minimum atomic E-state index is 0.0815. The van der Waals surface area contributed by atoms with Crippen LogP contribution in [0.3, 0.4) is 0 Å². The second-order valence-electron chi connectivity index (χ2n) is 4.83. The zero-order valence-corrected chi connectivity index (χ0v) is 12.9. The fourth-order valence-corrected chi connectivity index (χ4v) is 4.34. The minimum Gasteiger partial charge on any atom is -0.350 e. The molecule has 1 aliphatic rings. The van der Waals surface area contributed by atoms with E-state index in [1.165, 1.54) is 21.8 Å². The number of carbonyl (C=O) groups is 1. The predicted molar refractivity (Wildman–Crippen MR) is 85.8 cm³/mol. The van der Waals surface area contributed by atoms with Gasteiger partial charge in [-0.1, -0.05) is 18.2 Å². The lowest BCUT2D eigenvalue weighted by atomic mass is 10.2. The Bertz CT molecular complexity index is 570. The van der Waals surface area contributed by atoms with Gasteiger partial charge in [-0.25, -0.2) is 0 Å². The summed E-state index contributed by atoms with van der Waals surface area (Å²) >= 11 is 3.44. The Labute approximate surface area is 127 Å². The SMILES string of the molecule is O=C(NCCSc1ccccc1)c1cc2c(s1)CCC2. The number of benzene rings is 1. The van der Waals surface area contributed by atoms with E-state index in [1.807, 2.05) is 18.2 Å². The molecule has 0 radical (unpaired) electrons. The highest BCUT2D eigenvalue weighted by molar-refractivity contribution is 7.99. The summed E-state index contributed by atoms with van der Waals surface area (Å²) in [6.07, 6.45) is 3.54. The predicted octanol–water partition coefficient (Wildman–Crippen LogP) is 3.76. The van der Waals surface area contributed by atoms with Gasteiger partial charge in [0.25, 0.3) is 5.91 Å². The van der Waals surface area contributed by atoms with E-state index in [1.54, 1.807) is 23.1 Å². The molecule has 1 amide bonds.